The number of thioether (sulfide) groups is 1. The molecule has 1 aromatic rings. The molecule has 0 N–H and O–H groups in total. The molecule has 11 heteroatoms. The number of carbonyl (C=O) groups excluding carboxylic acids is 1. The number of hydrogen-bond donors (Lipinski definition) is 0. The number of ether oxygens (including phenoxy) is 1. The van der Waals surface area contributed by atoms with Crippen molar-refractivity contribution in [1.29, 1.82) is 0 Å². The lowest BCUT2D eigenvalue weighted by Crippen LogP contribution is -2.57. The van der Waals surface area contributed by atoms with Crippen molar-refractivity contribution in [3.8, 4) is 5.75 Å². The number of benzene rings is 1. The molecule has 1 unspecified atom stereocenters. The maximum atomic E-state index is 13.6. The van der Waals surface area contributed by atoms with Crippen LogP contribution in [0.2, 0.25) is 0 Å². The van der Waals surface area contributed by atoms with E-state index in [1.807, 2.05) is 15.2 Å². The molecule has 0 saturated carbocycles. The molecule has 2 saturated heterocycles. The summed E-state index contributed by atoms with van der Waals surface area (Å²) in [5.41, 5.74) is -0.407. The number of nitrogens with zero attached hydrogens (tertiary/aromatic N) is 2. The van der Waals surface area contributed by atoms with Gasteiger partial charge in [0.15, 0.2) is 0 Å². The number of hydrogen-bond acceptors (Lipinski definition) is 6. The van der Waals surface area contributed by atoms with Gasteiger partial charge in [-0.2, -0.15) is 13.2 Å². The Morgan fingerprint density at radius 3 is 2.57 bits per heavy atom. The first-order chi connectivity index (χ1) is 16.6. The molecular weight excluding hydrogens is 501 g/mol. The number of sulfone groups is 1. The summed E-state index contributed by atoms with van der Waals surface area (Å²) in [7, 11) is -1.88. The monoisotopic (exact) mass is 530 g/mol. The molecule has 2 fully saturated rings. The van der Waals surface area contributed by atoms with Gasteiger partial charge in [0, 0.05) is 36.1 Å². The highest BCUT2D eigenvalue weighted by molar-refractivity contribution is 8.05. The van der Waals surface area contributed by atoms with Gasteiger partial charge in [-0.1, -0.05) is 12.2 Å². The molecule has 6 nitrogen and oxygen atoms in total. The fraction of sp³-hybridized carbons (Fsp3) is 0.542. The van der Waals surface area contributed by atoms with Gasteiger partial charge in [-0.05, 0) is 49.3 Å². The van der Waals surface area contributed by atoms with E-state index in [-0.39, 0.29) is 35.1 Å². The maximum Gasteiger partial charge on any atom is 0.420 e. The molecule has 0 aromatic heterocycles. The van der Waals surface area contributed by atoms with Crippen molar-refractivity contribution in [2.45, 2.75) is 37.9 Å². The van der Waals surface area contributed by atoms with E-state index in [1.165, 1.54) is 24.9 Å². The smallest absolute Gasteiger partial charge is 0.420 e. The zero-order chi connectivity index (χ0) is 25.2. The summed E-state index contributed by atoms with van der Waals surface area (Å²) >= 11 is 1.53. The van der Waals surface area contributed by atoms with Gasteiger partial charge in [-0.3, -0.25) is 4.79 Å². The topological polar surface area (TPSA) is 66.9 Å². The van der Waals surface area contributed by atoms with Crippen LogP contribution in [0.3, 0.4) is 0 Å². The fourth-order valence-corrected chi connectivity index (χ4v) is 7.24. The summed E-state index contributed by atoms with van der Waals surface area (Å²) in [6.45, 7) is 1.08. The van der Waals surface area contributed by atoms with E-state index >= 15 is 0 Å². The highest BCUT2D eigenvalue weighted by atomic mass is 32.2. The molecular formula is C24H29F3N2O4S2. The standard InChI is InChI=1S/C24H29F3N2O4S2/c1-33-21-7-6-18(15-19(21)24(25,26)27)28-10-11-29(20(16-28)22-5-3-2-4-12-34-22)23(30)17-8-13-35(31,32)14-9-17/h4-7,12,15,17,20H,2-3,8-11,13-14,16H2,1H3. The minimum atomic E-state index is -4.55. The Balaban J connectivity index is 1.61. The lowest BCUT2D eigenvalue weighted by atomic mass is 9.98. The third-order valence-corrected chi connectivity index (χ3v) is 9.48. The van der Waals surface area contributed by atoms with Crippen LogP contribution in [0.4, 0.5) is 18.9 Å². The number of anilines is 1. The summed E-state index contributed by atoms with van der Waals surface area (Å²) in [5, 5.41) is 1.99. The summed E-state index contributed by atoms with van der Waals surface area (Å²) in [5.74, 6) is -0.617. The quantitative estimate of drug-likeness (QED) is 0.572. The van der Waals surface area contributed by atoms with E-state index in [2.05, 4.69) is 12.2 Å². The van der Waals surface area contributed by atoms with Crippen molar-refractivity contribution < 1.29 is 31.1 Å². The third-order valence-electron chi connectivity index (χ3n) is 6.73. The lowest BCUT2D eigenvalue weighted by Gasteiger charge is -2.44. The Hall–Kier alpha value is -2.14. The second-order valence-corrected chi connectivity index (χ2v) is 12.3. The van der Waals surface area contributed by atoms with Crippen molar-refractivity contribution in [1.82, 2.24) is 4.90 Å². The summed E-state index contributed by atoms with van der Waals surface area (Å²) < 4.78 is 69.4. The van der Waals surface area contributed by atoms with Crippen molar-refractivity contribution in [2.24, 2.45) is 5.92 Å². The Bertz CT molecular complexity index is 1100. The molecule has 3 heterocycles. The van der Waals surface area contributed by atoms with Crippen LogP contribution < -0.4 is 9.64 Å². The Labute approximate surface area is 208 Å². The summed E-state index contributed by atoms with van der Waals surface area (Å²) in [6, 6.07) is 3.73. The minimum absolute atomic E-state index is 0.0142. The van der Waals surface area contributed by atoms with Gasteiger partial charge in [0.2, 0.25) is 5.91 Å². The van der Waals surface area contributed by atoms with Crippen LogP contribution in [0.5, 0.6) is 5.75 Å². The van der Waals surface area contributed by atoms with Crippen molar-refractivity contribution in [3.63, 3.8) is 0 Å². The molecule has 4 rings (SSSR count). The van der Waals surface area contributed by atoms with E-state index in [1.54, 1.807) is 6.07 Å². The average molecular weight is 531 g/mol. The van der Waals surface area contributed by atoms with Gasteiger partial charge in [-0.15, -0.1) is 11.8 Å². The molecule has 1 amide bonds. The van der Waals surface area contributed by atoms with Gasteiger partial charge >= 0.3 is 6.18 Å². The lowest BCUT2D eigenvalue weighted by molar-refractivity contribution is -0.139. The van der Waals surface area contributed by atoms with E-state index in [9.17, 15) is 26.4 Å². The van der Waals surface area contributed by atoms with E-state index in [0.29, 0.717) is 38.2 Å². The van der Waals surface area contributed by atoms with Crippen LogP contribution in [-0.2, 0) is 20.8 Å². The molecule has 35 heavy (non-hydrogen) atoms. The van der Waals surface area contributed by atoms with Gasteiger partial charge in [0.25, 0.3) is 0 Å². The van der Waals surface area contributed by atoms with Gasteiger partial charge in [0.05, 0.1) is 30.2 Å². The second-order valence-electron chi connectivity index (χ2n) is 8.98. The molecule has 0 spiro atoms. The predicted molar refractivity (Wildman–Crippen MR) is 131 cm³/mol. The Kier molecular flexibility index (Phi) is 7.75. The van der Waals surface area contributed by atoms with Crippen molar-refractivity contribution >= 4 is 33.2 Å². The first kappa shape index (κ1) is 25.9. The minimum Gasteiger partial charge on any atom is -0.496 e. The van der Waals surface area contributed by atoms with Crippen molar-refractivity contribution in [3.05, 3.63) is 46.2 Å². The maximum absolute atomic E-state index is 13.6. The fourth-order valence-electron chi connectivity index (χ4n) is 4.79. The Morgan fingerprint density at radius 1 is 1.14 bits per heavy atom. The summed E-state index contributed by atoms with van der Waals surface area (Å²) in [6.07, 6.45) is 1.94. The number of halogens is 3. The summed E-state index contributed by atoms with van der Waals surface area (Å²) in [4.78, 5) is 18.2. The highest BCUT2D eigenvalue weighted by Gasteiger charge is 2.39. The molecule has 1 aromatic carbocycles. The number of amides is 1. The third kappa shape index (κ3) is 5.99. The normalized spacial score (nSPS) is 23.5. The molecule has 0 aliphatic carbocycles. The number of alkyl halides is 3. The first-order valence-corrected chi connectivity index (χ1v) is 14.3. The van der Waals surface area contributed by atoms with Crippen LogP contribution >= 0.6 is 11.8 Å². The number of carbonyl (C=O) groups is 1. The average Bonchev–Trinajstić information content (AvgIpc) is 3.12. The largest absolute Gasteiger partial charge is 0.496 e. The number of methoxy groups -OCH3 is 1. The van der Waals surface area contributed by atoms with Crippen LogP contribution in [0.1, 0.15) is 31.2 Å². The highest BCUT2D eigenvalue weighted by Crippen LogP contribution is 2.40. The number of allylic oxidation sites excluding steroid dienone is 2. The van der Waals surface area contributed by atoms with Gasteiger partial charge in [0.1, 0.15) is 15.6 Å². The molecule has 0 bridgehead atoms. The number of piperazine rings is 1. The van der Waals surface area contributed by atoms with Crippen LogP contribution in [-0.4, -0.2) is 63.5 Å². The molecule has 192 valence electrons. The van der Waals surface area contributed by atoms with Crippen LogP contribution in [0.25, 0.3) is 0 Å². The van der Waals surface area contributed by atoms with Crippen molar-refractivity contribution in [2.75, 3.05) is 43.1 Å². The van der Waals surface area contributed by atoms with E-state index in [0.717, 1.165) is 23.8 Å². The zero-order valence-corrected chi connectivity index (χ0v) is 21.1. The van der Waals surface area contributed by atoms with Gasteiger partial charge in [-0.25, -0.2) is 8.42 Å². The predicted octanol–water partition coefficient (Wildman–Crippen LogP) is 4.48. The van der Waals surface area contributed by atoms with Crippen LogP contribution in [0.15, 0.2) is 40.7 Å². The number of rotatable bonds is 4. The molecule has 0 radical (unpaired) electrons. The van der Waals surface area contributed by atoms with Gasteiger partial charge < -0.3 is 14.5 Å². The molecule has 3 aliphatic heterocycles. The molecule has 3 aliphatic rings. The Morgan fingerprint density at radius 2 is 1.89 bits per heavy atom. The SMILES string of the molecule is COc1ccc(N2CCN(C(=O)C3CCS(=O)(=O)CC3)C(C3=CCCC=CS3)C2)cc1C(F)(F)F. The van der Waals surface area contributed by atoms with Crippen LogP contribution in [0, 0.1) is 5.92 Å². The first-order valence-electron chi connectivity index (χ1n) is 11.6. The second kappa shape index (κ2) is 10.5. The van der Waals surface area contributed by atoms with E-state index < -0.39 is 21.6 Å². The molecule has 1 atom stereocenters. The zero-order valence-electron chi connectivity index (χ0n) is 19.5. The van der Waals surface area contributed by atoms with E-state index in [4.69, 9.17) is 4.74 Å².